The summed E-state index contributed by atoms with van der Waals surface area (Å²) in [5, 5.41) is 0. The highest BCUT2D eigenvalue weighted by molar-refractivity contribution is 6.02. The van der Waals surface area contributed by atoms with Crippen LogP contribution in [0.5, 0.6) is 11.5 Å². The van der Waals surface area contributed by atoms with Crippen molar-refractivity contribution in [1.82, 2.24) is 0 Å². The van der Waals surface area contributed by atoms with E-state index in [-0.39, 0.29) is 11.3 Å². The highest BCUT2D eigenvalue weighted by Crippen LogP contribution is 2.34. The molecule has 2 rings (SSSR count). The van der Waals surface area contributed by atoms with E-state index in [2.05, 4.69) is 6.58 Å². The maximum absolute atomic E-state index is 11.9. The molecule has 1 aliphatic heterocycles. The van der Waals surface area contributed by atoms with Gasteiger partial charge in [0.15, 0.2) is 5.78 Å². The Bertz CT molecular complexity index is 573. The van der Waals surface area contributed by atoms with Gasteiger partial charge in [-0.25, -0.2) is 4.79 Å². The SMILES string of the molecule is C=C(C)[C@H]1OC(=O)c2cc(C(C)=O)c(OC)cc2O1. The van der Waals surface area contributed by atoms with Crippen molar-refractivity contribution in [2.24, 2.45) is 0 Å². The Morgan fingerprint density at radius 3 is 2.53 bits per heavy atom. The van der Waals surface area contributed by atoms with Gasteiger partial charge in [-0.3, -0.25) is 4.79 Å². The van der Waals surface area contributed by atoms with Gasteiger partial charge in [0, 0.05) is 11.6 Å². The van der Waals surface area contributed by atoms with Gasteiger partial charge in [0.05, 0.1) is 12.7 Å². The Labute approximate surface area is 110 Å². The molecule has 19 heavy (non-hydrogen) atoms. The third kappa shape index (κ3) is 2.31. The number of carbonyl (C=O) groups excluding carboxylic acids is 2. The first-order chi connectivity index (χ1) is 8.93. The van der Waals surface area contributed by atoms with Crippen molar-refractivity contribution in [2.75, 3.05) is 7.11 Å². The van der Waals surface area contributed by atoms with Gasteiger partial charge in [-0.1, -0.05) is 6.58 Å². The molecule has 0 saturated heterocycles. The van der Waals surface area contributed by atoms with E-state index >= 15 is 0 Å². The largest absolute Gasteiger partial charge is 0.496 e. The molecule has 0 aromatic heterocycles. The third-order valence-corrected chi connectivity index (χ3v) is 2.75. The van der Waals surface area contributed by atoms with E-state index in [4.69, 9.17) is 14.2 Å². The number of carbonyl (C=O) groups is 2. The monoisotopic (exact) mass is 262 g/mol. The molecule has 1 aromatic carbocycles. The Balaban J connectivity index is 2.53. The third-order valence-electron chi connectivity index (χ3n) is 2.75. The summed E-state index contributed by atoms with van der Waals surface area (Å²) < 4.78 is 15.7. The number of rotatable bonds is 3. The summed E-state index contributed by atoms with van der Waals surface area (Å²) in [6.07, 6.45) is -0.812. The summed E-state index contributed by atoms with van der Waals surface area (Å²) in [5.41, 5.74) is 1.10. The van der Waals surface area contributed by atoms with Crippen molar-refractivity contribution in [3.63, 3.8) is 0 Å². The number of hydrogen-bond donors (Lipinski definition) is 0. The molecule has 0 saturated carbocycles. The summed E-state index contributed by atoms with van der Waals surface area (Å²) in [7, 11) is 1.45. The molecule has 5 nitrogen and oxygen atoms in total. The highest BCUT2D eigenvalue weighted by atomic mass is 16.7. The lowest BCUT2D eigenvalue weighted by Crippen LogP contribution is -2.30. The van der Waals surface area contributed by atoms with Crippen LogP contribution in [0.1, 0.15) is 34.6 Å². The summed E-state index contributed by atoms with van der Waals surface area (Å²) in [6.45, 7) is 6.78. The van der Waals surface area contributed by atoms with E-state index in [0.717, 1.165) is 0 Å². The van der Waals surface area contributed by atoms with Crippen LogP contribution in [-0.2, 0) is 4.74 Å². The minimum Gasteiger partial charge on any atom is -0.496 e. The predicted molar refractivity (Wildman–Crippen MR) is 67.6 cm³/mol. The Kier molecular flexibility index (Phi) is 3.29. The summed E-state index contributed by atoms with van der Waals surface area (Å²) in [4.78, 5) is 23.4. The van der Waals surface area contributed by atoms with E-state index in [1.165, 1.54) is 26.2 Å². The second kappa shape index (κ2) is 4.76. The zero-order valence-corrected chi connectivity index (χ0v) is 11.0. The van der Waals surface area contributed by atoms with Crippen LogP contribution >= 0.6 is 0 Å². The molecular formula is C14H14O5. The quantitative estimate of drug-likeness (QED) is 0.475. The number of Topliss-reactive ketones (excluding diaryl/α,β-unsaturated/α-hetero) is 1. The second-order valence-electron chi connectivity index (χ2n) is 4.31. The molecule has 0 unspecified atom stereocenters. The molecule has 0 fully saturated rings. The van der Waals surface area contributed by atoms with Crippen LogP contribution in [0.25, 0.3) is 0 Å². The molecule has 1 heterocycles. The average molecular weight is 262 g/mol. The molecule has 5 heteroatoms. The predicted octanol–water partition coefficient (Wildman–Crippen LogP) is 2.35. The van der Waals surface area contributed by atoms with E-state index < -0.39 is 12.3 Å². The Hall–Kier alpha value is -2.30. The van der Waals surface area contributed by atoms with Crippen molar-refractivity contribution in [1.29, 1.82) is 0 Å². The minimum atomic E-state index is -0.812. The van der Waals surface area contributed by atoms with Crippen molar-refractivity contribution >= 4 is 11.8 Å². The number of hydrogen-bond acceptors (Lipinski definition) is 5. The molecule has 0 bridgehead atoms. The van der Waals surface area contributed by atoms with Crippen LogP contribution in [-0.4, -0.2) is 25.2 Å². The van der Waals surface area contributed by atoms with Crippen LogP contribution in [0, 0.1) is 0 Å². The first-order valence-electron chi connectivity index (χ1n) is 5.70. The number of cyclic esters (lactones) is 1. The topological polar surface area (TPSA) is 61.8 Å². The van der Waals surface area contributed by atoms with Crippen molar-refractivity contribution < 1.29 is 23.8 Å². The van der Waals surface area contributed by atoms with Crippen LogP contribution in [0.15, 0.2) is 24.3 Å². The first-order valence-corrected chi connectivity index (χ1v) is 5.70. The normalized spacial score (nSPS) is 17.0. The van der Waals surface area contributed by atoms with E-state index in [1.807, 2.05) is 0 Å². The number of fused-ring (bicyclic) bond motifs is 1. The van der Waals surface area contributed by atoms with E-state index in [9.17, 15) is 9.59 Å². The standard InChI is InChI=1S/C14H14O5/c1-7(2)14-18-12-6-11(17-4)9(8(3)15)5-10(12)13(16)19-14/h5-6,14H,1H2,2-4H3/t14-/m1/s1. The lowest BCUT2D eigenvalue weighted by molar-refractivity contribution is -0.0391. The fourth-order valence-electron chi connectivity index (χ4n) is 1.76. The van der Waals surface area contributed by atoms with E-state index in [1.54, 1.807) is 6.92 Å². The molecule has 1 aliphatic rings. The summed E-state index contributed by atoms with van der Waals surface area (Å²) in [6, 6.07) is 2.94. The van der Waals surface area contributed by atoms with Crippen LogP contribution in [0.2, 0.25) is 0 Å². The van der Waals surface area contributed by atoms with Gasteiger partial charge in [-0.2, -0.15) is 0 Å². The number of benzene rings is 1. The highest BCUT2D eigenvalue weighted by Gasteiger charge is 2.30. The number of ketones is 1. The molecule has 1 aromatic rings. The molecule has 0 radical (unpaired) electrons. The first kappa shape index (κ1) is 13.1. The van der Waals surface area contributed by atoms with Crippen LogP contribution < -0.4 is 9.47 Å². The minimum absolute atomic E-state index is 0.200. The molecule has 0 amide bonds. The van der Waals surface area contributed by atoms with E-state index in [0.29, 0.717) is 22.6 Å². The number of methoxy groups -OCH3 is 1. The maximum Gasteiger partial charge on any atom is 0.345 e. The maximum atomic E-state index is 11.9. The lowest BCUT2D eigenvalue weighted by atomic mass is 10.0. The fraction of sp³-hybridized carbons (Fsp3) is 0.286. The smallest absolute Gasteiger partial charge is 0.345 e. The molecule has 100 valence electrons. The average Bonchev–Trinajstić information content (AvgIpc) is 2.36. The number of esters is 1. The Morgan fingerprint density at radius 1 is 1.32 bits per heavy atom. The van der Waals surface area contributed by atoms with Gasteiger partial charge in [0.25, 0.3) is 6.29 Å². The van der Waals surface area contributed by atoms with Crippen molar-refractivity contribution in [2.45, 2.75) is 20.1 Å². The van der Waals surface area contributed by atoms with Crippen LogP contribution in [0.4, 0.5) is 0 Å². The van der Waals surface area contributed by atoms with Gasteiger partial charge >= 0.3 is 5.97 Å². The zero-order chi connectivity index (χ0) is 14.2. The number of ether oxygens (including phenoxy) is 3. The second-order valence-corrected chi connectivity index (χ2v) is 4.31. The van der Waals surface area contributed by atoms with Gasteiger partial charge in [-0.15, -0.1) is 0 Å². The Morgan fingerprint density at radius 2 is 2.00 bits per heavy atom. The van der Waals surface area contributed by atoms with Crippen molar-refractivity contribution in [3.05, 3.63) is 35.4 Å². The van der Waals surface area contributed by atoms with Gasteiger partial charge in [0.1, 0.15) is 17.1 Å². The zero-order valence-electron chi connectivity index (χ0n) is 11.0. The molecule has 0 aliphatic carbocycles. The molecule has 0 spiro atoms. The summed E-state index contributed by atoms with van der Waals surface area (Å²) >= 11 is 0. The summed E-state index contributed by atoms with van der Waals surface area (Å²) in [5.74, 6) is -0.0543. The van der Waals surface area contributed by atoms with Crippen molar-refractivity contribution in [3.8, 4) is 11.5 Å². The van der Waals surface area contributed by atoms with Gasteiger partial charge in [-0.05, 0) is 19.9 Å². The van der Waals surface area contributed by atoms with Gasteiger partial charge in [0.2, 0.25) is 0 Å². The molecule has 0 N–H and O–H groups in total. The fourth-order valence-corrected chi connectivity index (χ4v) is 1.76. The van der Waals surface area contributed by atoms with Gasteiger partial charge < -0.3 is 14.2 Å². The lowest BCUT2D eigenvalue weighted by Gasteiger charge is -2.26. The molecular weight excluding hydrogens is 248 g/mol. The van der Waals surface area contributed by atoms with Crippen LogP contribution in [0.3, 0.4) is 0 Å². The molecule has 1 atom stereocenters.